The fourth-order valence-corrected chi connectivity index (χ4v) is 2.06. The number of benzene rings is 1. The second-order valence-electron chi connectivity index (χ2n) is 7.31. The van der Waals surface area contributed by atoms with E-state index in [4.69, 9.17) is 9.84 Å². The van der Waals surface area contributed by atoms with Gasteiger partial charge in [-0.3, -0.25) is 0 Å². The molecule has 1 aromatic carbocycles. The minimum atomic E-state index is -0.128. The molecular formula is C17H28O3. The summed E-state index contributed by atoms with van der Waals surface area (Å²) in [4.78, 5) is 0. The van der Waals surface area contributed by atoms with E-state index in [-0.39, 0.29) is 24.0 Å². The summed E-state index contributed by atoms with van der Waals surface area (Å²) in [5.41, 5.74) is 2.79. The molecule has 0 heterocycles. The van der Waals surface area contributed by atoms with Gasteiger partial charge in [-0.2, -0.15) is 0 Å². The van der Waals surface area contributed by atoms with E-state index in [1.165, 1.54) is 5.56 Å². The van der Waals surface area contributed by atoms with Gasteiger partial charge in [0.25, 0.3) is 0 Å². The molecule has 1 rings (SSSR count). The summed E-state index contributed by atoms with van der Waals surface area (Å²) >= 11 is 0. The lowest BCUT2D eigenvalue weighted by atomic mass is 9.79. The SMILES string of the molecule is CC(C)(C)c1cc(COCCO)c(O)c(C(C)(C)C)c1. The minimum Gasteiger partial charge on any atom is -0.507 e. The number of phenolic OH excluding ortho intramolecular Hbond substituents is 1. The van der Waals surface area contributed by atoms with Crippen molar-refractivity contribution in [2.45, 2.75) is 59.0 Å². The molecule has 0 aliphatic rings. The lowest BCUT2D eigenvalue weighted by Crippen LogP contribution is -2.17. The second-order valence-corrected chi connectivity index (χ2v) is 7.31. The van der Waals surface area contributed by atoms with E-state index in [0.717, 1.165) is 11.1 Å². The maximum atomic E-state index is 10.5. The Morgan fingerprint density at radius 3 is 2.05 bits per heavy atom. The zero-order valence-electron chi connectivity index (χ0n) is 13.6. The lowest BCUT2D eigenvalue weighted by molar-refractivity contribution is 0.0802. The molecule has 0 fully saturated rings. The van der Waals surface area contributed by atoms with Crippen LogP contribution >= 0.6 is 0 Å². The van der Waals surface area contributed by atoms with Crippen molar-refractivity contribution in [2.24, 2.45) is 0 Å². The normalized spacial score (nSPS) is 12.8. The first-order valence-electron chi connectivity index (χ1n) is 7.13. The van der Waals surface area contributed by atoms with Gasteiger partial charge in [-0.1, -0.05) is 47.6 Å². The van der Waals surface area contributed by atoms with Crippen LogP contribution in [-0.2, 0) is 22.2 Å². The highest BCUT2D eigenvalue weighted by Crippen LogP contribution is 2.37. The van der Waals surface area contributed by atoms with Gasteiger partial charge in [0.1, 0.15) is 5.75 Å². The molecule has 0 saturated carbocycles. The predicted octanol–water partition coefficient (Wildman–Crippen LogP) is 3.50. The van der Waals surface area contributed by atoms with Crippen molar-refractivity contribution in [2.75, 3.05) is 13.2 Å². The Balaban J connectivity index is 3.28. The lowest BCUT2D eigenvalue weighted by Gasteiger charge is -2.27. The third kappa shape index (κ3) is 4.22. The largest absolute Gasteiger partial charge is 0.507 e. The van der Waals surface area contributed by atoms with Crippen molar-refractivity contribution in [3.8, 4) is 5.75 Å². The van der Waals surface area contributed by atoms with E-state index in [1.807, 2.05) is 6.07 Å². The number of rotatable bonds is 4. The fourth-order valence-electron chi connectivity index (χ4n) is 2.06. The van der Waals surface area contributed by atoms with Crippen LogP contribution < -0.4 is 0 Å². The monoisotopic (exact) mass is 280 g/mol. The smallest absolute Gasteiger partial charge is 0.124 e. The summed E-state index contributed by atoms with van der Waals surface area (Å²) in [6.07, 6.45) is 0. The van der Waals surface area contributed by atoms with E-state index in [1.54, 1.807) is 0 Å². The minimum absolute atomic E-state index is 0.00808. The molecule has 0 saturated heterocycles. The third-order valence-electron chi connectivity index (χ3n) is 3.36. The fraction of sp³-hybridized carbons (Fsp3) is 0.647. The number of ether oxygens (including phenoxy) is 1. The van der Waals surface area contributed by atoms with Gasteiger partial charge in [0.2, 0.25) is 0 Å². The van der Waals surface area contributed by atoms with Gasteiger partial charge in [0.05, 0.1) is 19.8 Å². The van der Waals surface area contributed by atoms with Crippen LogP contribution in [0.3, 0.4) is 0 Å². The van der Waals surface area contributed by atoms with Crippen LogP contribution in [-0.4, -0.2) is 23.4 Å². The zero-order chi connectivity index (χ0) is 15.6. The molecule has 3 nitrogen and oxygen atoms in total. The molecule has 0 radical (unpaired) electrons. The van der Waals surface area contributed by atoms with Gasteiger partial charge in [0.15, 0.2) is 0 Å². The van der Waals surface area contributed by atoms with E-state index in [2.05, 4.69) is 47.6 Å². The highest BCUT2D eigenvalue weighted by Gasteiger charge is 2.24. The van der Waals surface area contributed by atoms with Crippen LogP contribution in [0, 0.1) is 0 Å². The van der Waals surface area contributed by atoms with E-state index >= 15 is 0 Å². The molecule has 0 aliphatic heterocycles. The Labute approximate surface area is 122 Å². The average Bonchev–Trinajstić information content (AvgIpc) is 2.28. The molecule has 0 atom stereocenters. The van der Waals surface area contributed by atoms with E-state index < -0.39 is 0 Å². The zero-order valence-corrected chi connectivity index (χ0v) is 13.6. The Bertz CT molecular complexity index is 451. The highest BCUT2D eigenvalue weighted by molar-refractivity contribution is 5.48. The number of hydrogen-bond acceptors (Lipinski definition) is 3. The first-order valence-corrected chi connectivity index (χ1v) is 7.13. The van der Waals surface area contributed by atoms with Crippen molar-refractivity contribution in [3.05, 3.63) is 28.8 Å². The van der Waals surface area contributed by atoms with Crippen molar-refractivity contribution in [1.82, 2.24) is 0 Å². The number of phenols is 1. The van der Waals surface area contributed by atoms with Gasteiger partial charge in [-0.25, -0.2) is 0 Å². The molecule has 0 aromatic heterocycles. The molecule has 0 unspecified atom stereocenters. The molecule has 0 amide bonds. The molecular weight excluding hydrogens is 252 g/mol. The number of aromatic hydroxyl groups is 1. The van der Waals surface area contributed by atoms with Gasteiger partial charge in [0, 0.05) is 5.56 Å². The third-order valence-corrected chi connectivity index (χ3v) is 3.36. The molecule has 114 valence electrons. The molecule has 1 aromatic rings. The van der Waals surface area contributed by atoms with Crippen molar-refractivity contribution >= 4 is 0 Å². The van der Waals surface area contributed by atoms with E-state index in [9.17, 15) is 5.11 Å². The second kappa shape index (κ2) is 6.15. The van der Waals surface area contributed by atoms with Crippen LogP contribution in [0.15, 0.2) is 12.1 Å². The van der Waals surface area contributed by atoms with Gasteiger partial charge >= 0.3 is 0 Å². The van der Waals surface area contributed by atoms with Crippen LogP contribution in [0.4, 0.5) is 0 Å². The van der Waals surface area contributed by atoms with Crippen molar-refractivity contribution < 1.29 is 14.9 Å². The quantitative estimate of drug-likeness (QED) is 0.830. The first-order chi connectivity index (χ1) is 9.07. The Hall–Kier alpha value is -1.06. The van der Waals surface area contributed by atoms with Gasteiger partial charge < -0.3 is 14.9 Å². The summed E-state index contributed by atoms with van der Waals surface area (Å²) < 4.78 is 5.38. The first kappa shape index (κ1) is 17.0. The van der Waals surface area contributed by atoms with Crippen molar-refractivity contribution in [1.29, 1.82) is 0 Å². The van der Waals surface area contributed by atoms with Crippen LogP contribution in [0.2, 0.25) is 0 Å². The summed E-state index contributed by atoms with van der Waals surface area (Å²) in [5, 5.41) is 19.3. The summed E-state index contributed by atoms with van der Waals surface area (Å²) in [6.45, 7) is 13.3. The Morgan fingerprint density at radius 2 is 1.60 bits per heavy atom. The van der Waals surface area contributed by atoms with Crippen molar-refractivity contribution in [3.63, 3.8) is 0 Å². The van der Waals surface area contributed by atoms with Crippen LogP contribution in [0.25, 0.3) is 0 Å². The Morgan fingerprint density at radius 1 is 1.00 bits per heavy atom. The average molecular weight is 280 g/mol. The van der Waals surface area contributed by atoms with E-state index in [0.29, 0.717) is 12.4 Å². The number of hydrogen-bond donors (Lipinski definition) is 2. The topological polar surface area (TPSA) is 49.7 Å². The standard InChI is InChI=1S/C17H28O3/c1-16(2,3)13-9-12(11-20-8-7-18)15(19)14(10-13)17(4,5)6/h9-10,18-19H,7-8,11H2,1-6H3. The Kier molecular flexibility index (Phi) is 5.22. The van der Waals surface area contributed by atoms with Gasteiger partial charge in [-0.05, 0) is 28.0 Å². The molecule has 0 bridgehead atoms. The highest BCUT2D eigenvalue weighted by atomic mass is 16.5. The maximum Gasteiger partial charge on any atom is 0.124 e. The molecule has 2 N–H and O–H groups in total. The maximum absolute atomic E-state index is 10.5. The molecule has 0 spiro atoms. The molecule has 0 aliphatic carbocycles. The van der Waals surface area contributed by atoms with Gasteiger partial charge in [-0.15, -0.1) is 0 Å². The molecule has 20 heavy (non-hydrogen) atoms. The summed E-state index contributed by atoms with van der Waals surface area (Å²) in [7, 11) is 0. The number of aliphatic hydroxyl groups is 1. The summed E-state index contributed by atoms with van der Waals surface area (Å²) in [6, 6.07) is 4.09. The summed E-state index contributed by atoms with van der Waals surface area (Å²) in [5.74, 6) is 0.309. The number of aliphatic hydroxyl groups excluding tert-OH is 1. The predicted molar refractivity (Wildman–Crippen MR) is 82.2 cm³/mol. The van der Waals surface area contributed by atoms with Crippen LogP contribution in [0.1, 0.15) is 58.2 Å². The molecule has 3 heteroatoms. The van der Waals surface area contributed by atoms with Crippen LogP contribution in [0.5, 0.6) is 5.75 Å².